The third-order valence-electron chi connectivity index (χ3n) is 3.16. The van der Waals surface area contributed by atoms with Gasteiger partial charge in [0.25, 0.3) is 0 Å². The molecule has 5 nitrogen and oxygen atoms in total. The first kappa shape index (κ1) is 14.0. The molecule has 0 atom stereocenters. The summed E-state index contributed by atoms with van der Waals surface area (Å²) >= 11 is 0.994. The molecule has 1 aliphatic carbocycles. The quantitative estimate of drug-likeness (QED) is 0.679. The Bertz CT molecular complexity index is 732. The molecule has 1 aromatic heterocycles. The summed E-state index contributed by atoms with van der Waals surface area (Å²) in [5.41, 5.74) is -0.884. The number of rotatable bonds is 5. The fraction of sp³-hybridized carbons (Fsp3) is 0.308. The Morgan fingerprint density at radius 1 is 1.38 bits per heavy atom. The van der Waals surface area contributed by atoms with Crippen molar-refractivity contribution in [2.75, 3.05) is 5.75 Å². The SMILES string of the molecule is O=C(CSc1n[nH]c(=O)n1C1CC1)c1c(F)cccc1F. The summed E-state index contributed by atoms with van der Waals surface area (Å²) in [6.45, 7) is 0. The van der Waals surface area contributed by atoms with Gasteiger partial charge in [0.1, 0.15) is 11.6 Å². The number of nitrogens with one attached hydrogen (secondary N) is 1. The number of carbonyl (C=O) groups is 1. The number of ketones is 1. The third-order valence-corrected chi connectivity index (χ3v) is 4.11. The van der Waals surface area contributed by atoms with Crippen LogP contribution in [0.2, 0.25) is 0 Å². The molecular formula is C13H11F2N3O2S. The van der Waals surface area contributed by atoms with E-state index in [0.29, 0.717) is 5.16 Å². The molecule has 0 amide bonds. The minimum absolute atomic E-state index is 0.110. The molecule has 1 heterocycles. The van der Waals surface area contributed by atoms with Crippen molar-refractivity contribution in [1.29, 1.82) is 0 Å². The van der Waals surface area contributed by atoms with Gasteiger partial charge in [0, 0.05) is 6.04 Å². The molecule has 1 fully saturated rings. The Balaban J connectivity index is 1.76. The van der Waals surface area contributed by atoms with Crippen LogP contribution in [0.1, 0.15) is 29.2 Å². The standard InChI is InChI=1S/C13H11F2N3O2S/c14-8-2-1-3-9(15)11(8)10(19)6-21-13-17-16-12(20)18(13)7-4-5-7/h1-3,7H,4-6H2,(H,16,20). The molecular weight excluding hydrogens is 300 g/mol. The molecule has 1 aromatic carbocycles. The highest BCUT2D eigenvalue weighted by Crippen LogP contribution is 2.36. The number of thioether (sulfide) groups is 1. The van der Waals surface area contributed by atoms with E-state index in [2.05, 4.69) is 10.2 Å². The van der Waals surface area contributed by atoms with Gasteiger partial charge in [0.15, 0.2) is 10.9 Å². The number of nitrogens with zero attached hydrogens (tertiary/aromatic N) is 2. The second-order valence-electron chi connectivity index (χ2n) is 4.72. The van der Waals surface area contributed by atoms with Crippen molar-refractivity contribution < 1.29 is 13.6 Å². The zero-order chi connectivity index (χ0) is 15.0. The van der Waals surface area contributed by atoms with Crippen LogP contribution in [0.4, 0.5) is 8.78 Å². The summed E-state index contributed by atoms with van der Waals surface area (Å²) in [5.74, 6) is -2.63. The molecule has 110 valence electrons. The molecule has 1 saturated carbocycles. The van der Waals surface area contributed by atoms with Gasteiger partial charge in [-0.3, -0.25) is 9.36 Å². The van der Waals surface area contributed by atoms with Gasteiger partial charge in [-0.1, -0.05) is 17.8 Å². The molecule has 8 heteroatoms. The summed E-state index contributed by atoms with van der Waals surface area (Å²) < 4.78 is 28.5. The molecule has 0 saturated heterocycles. The van der Waals surface area contributed by atoms with Crippen molar-refractivity contribution in [2.24, 2.45) is 0 Å². The highest BCUT2D eigenvalue weighted by atomic mass is 32.2. The van der Waals surface area contributed by atoms with E-state index in [1.54, 1.807) is 0 Å². The van der Waals surface area contributed by atoms with Crippen molar-refractivity contribution in [3.63, 3.8) is 0 Å². The third kappa shape index (κ3) is 2.76. The van der Waals surface area contributed by atoms with E-state index in [-0.39, 0.29) is 17.5 Å². The summed E-state index contributed by atoms with van der Waals surface area (Å²) in [6, 6.07) is 3.39. The second kappa shape index (κ2) is 5.44. The minimum atomic E-state index is -0.887. The number of Topliss-reactive ketones (excluding diaryl/α,β-unsaturated/α-hetero) is 1. The normalized spacial score (nSPS) is 14.4. The van der Waals surface area contributed by atoms with Crippen LogP contribution < -0.4 is 5.69 Å². The zero-order valence-corrected chi connectivity index (χ0v) is 11.6. The van der Waals surface area contributed by atoms with Crippen LogP contribution in [-0.4, -0.2) is 26.3 Å². The van der Waals surface area contributed by atoms with E-state index in [1.165, 1.54) is 10.6 Å². The van der Waals surface area contributed by atoms with Crippen LogP contribution in [0.5, 0.6) is 0 Å². The fourth-order valence-electron chi connectivity index (χ4n) is 2.01. The van der Waals surface area contributed by atoms with Crippen LogP contribution in [0.3, 0.4) is 0 Å². The average molecular weight is 311 g/mol. The lowest BCUT2D eigenvalue weighted by Gasteiger charge is -2.05. The molecule has 1 N–H and O–H groups in total. The largest absolute Gasteiger partial charge is 0.344 e. The zero-order valence-electron chi connectivity index (χ0n) is 10.8. The van der Waals surface area contributed by atoms with Gasteiger partial charge in [-0.2, -0.15) is 0 Å². The molecule has 3 rings (SSSR count). The monoisotopic (exact) mass is 311 g/mol. The average Bonchev–Trinajstić information content (AvgIpc) is 3.20. The van der Waals surface area contributed by atoms with Crippen molar-refractivity contribution in [2.45, 2.75) is 24.0 Å². The lowest BCUT2D eigenvalue weighted by atomic mass is 10.1. The number of aromatic amines is 1. The number of halogens is 2. The molecule has 0 aliphatic heterocycles. The number of H-pyrrole nitrogens is 1. The van der Waals surface area contributed by atoms with Gasteiger partial charge < -0.3 is 0 Å². The highest BCUT2D eigenvalue weighted by molar-refractivity contribution is 7.99. The van der Waals surface area contributed by atoms with Gasteiger partial charge in [0.05, 0.1) is 11.3 Å². The Morgan fingerprint density at radius 3 is 2.67 bits per heavy atom. The maximum absolute atomic E-state index is 13.5. The van der Waals surface area contributed by atoms with E-state index < -0.39 is 23.0 Å². The Kier molecular flexibility index (Phi) is 3.62. The molecule has 0 spiro atoms. The Hall–Kier alpha value is -1.96. The van der Waals surface area contributed by atoms with Crippen LogP contribution >= 0.6 is 11.8 Å². The summed E-state index contributed by atoms with van der Waals surface area (Å²) in [6.07, 6.45) is 1.78. The van der Waals surface area contributed by atoms with Gasteiger partial charge in [0.2, 0.25) is 0 Å². The maximum Gasteiger partial charge on any atom is 0.344 e. The van der Waals surface area contributed by atoms with Crippen LogP contribution in [-0.2, 0) is 0 Å². The lowest BCUT2D eigenvalue weighted by molar-refractivity contribution is 0.101. The van der Waals surface area contributed by atoms with Crippen molar-refractivity contribution >= 4 is 17.5 Å². The maximum atomic E-state index is 13.5. The summed E-state index contributed by atoms with van der Waals surface area (Å²) in [7, 11) is 0. The second-order valence-corrected chi connectivity index (χ2v) is 5.66. The van der Waals surface area contributed by atoms with E-state index in [0.717, 1.165) is 36.7 Å². The molecule has 0 bridgehead atoms. The number of aromatic nitrogens is 3. The van der Waals surface area contributed by atoms with E-state index in [1.807, 2.05) is 0 Å². The summed E-state index contributed by atoms with van der Waals surface area (Å²) in [4.78, 5) is 23.5. The Morgan fingerprint density at radius 2 is 2.05 bits per heavy atom. The van der Waals surface area contributed by atoms with E-state index in [4.69, 9.17) is 0 Å². The lowest BCUT2D eigenvalue weighted by Crippen LogP contribution is -2.16. The van der Waals surface area contributed by atoms with Gasteiger partial charge >= 0.3 is 5.69 Å². The van der Waals surface area contributed by atoms with Gasteiger partial charge in [-0.25, -0.2) is 18.7 Å². The first-order valence-electron chi connectivity index (χ1n) is 6.35. The fourth-order valence-corrected chi connectivity index (χ4v) is 2.90. The van der Waals surface area contributed by atoms with Gasteiger partial charge in [-0.05, 0) is 25.0 Å². The Labute approximate surface area is 122 Å². The molecule has 21 heavy (non-hydrogen) atoms. The molecule has 0 unspecified atom stereocenters. The van der Waals surface area contributed by atoms with Crippen LogP contribution in [0.25, 0.3) is 0 Å². The van der Waals surface area contributed by atoms with Crippen LogP contribution in [0, 0.1) is 11.6 Å². The highest BCUT2D eigenvalue weighted by Gasteiger charge is 2.29. The molecule has 0 radical (unpaired) electrons. The number of hydrogen-bond acceptors (Lipinski definition) is 4. The number of hydrogen-bond donors (Lipinski definition) is 1. The first-order chi connectivity index (χ1) is 10.1. The predicted molar refractivity (Wildman–Crippen MR) is 72.5 cm³/mol. The van der Waals surface area contributed by atoms with Gasteiger partial charge in [-0.15, -0.1) is 5.10 Å². The predicted octanol–water partition coefficient (Wildman–Crippen LogP) is 2.16. The van der Waals surface area contributed by atoms with E-state index in [9.17, 15) is 18.4 Å². The topological polar surface area (TPSA) is 67.8 Å². The molecule has 2 aromatic rings. The van der Waals surface area contributed by atoms with Crippen LogP contribution in [0.15, 0.2) is 28.2 Å². The molecule has 1 aliphatic rings. The first-order valence-corrected chi connectivity index (χ1v) is 7.33. The number of benzene rings is 1. The van der Waals surface area contributed by atoms with E-state index >= 15 is 0 Å². The van der Waals surface area contributed by atoms with Crippen molar-refractivity contribution in [1.82, 2.24) is 14.8 Å². The minimum Gasteiger partial charge on any atom is -0.293 e. The van der Waals surface area contributed by atoms with Crippen molar-refractivity contribution in [3.05, 3.63) is 45.9 Å². The summed E-state index contributed by atoms with van der Waals surface area (Å²) in [5, 5.41) is 6.53. The van der Waals surface area contributed by atoms with Crippen molar-refractivity contribution in [3.8, 4) is 0 Å². The number of carbonyl (C=O) groups excluding carboxylic acids is 1. The smallest absolute Gasteiger partial charge is 0.293 e.